The smallest absolute Gasteiger partial charge is 0.146 e. The van der Waals surface area contributed by atoms with Crippen molar-refractivity contribution in [3.05, 3.63) is 58.1 Å². The molecule has 2 aromatic carbocycles. The van der Waals surface area contributed by atoms with Gasteiger partial charge in [0.2, 0.25) is 0 Å². The lowest BCUT2D eigenvalue weighted by molar-refractivity contribution is 0.281. The van der Waals surface area contributed by atoms with Crippen LogP contribution in [0.1, 0.15) is 16.7 Å². The van der Waals surface area contributed by atoms with Gasteiger partial charge in [0.25, 0.3) is 0 Å². The van der Waals surface area contributed by atoms with Crippen molar-refractivity contribution in [3.8, 4) is 11.5 Å². The van der Waals surface area contributed by atoms with Crippen molar-refractivity contribution in [1.82, 2.24) is 0 Å². The molecule has 0 fully saturated rings. The zero-order chi connectivity index (χ0) is 13.1. The number of halogens is 1. The molecule has 0 saturated heterocycles. The van der Waals surface area contributed by atoms with Crippen molar-refractivity contribution >= 4 is 11.6 Å². The Labute approximate surface area is 112 Å². The molecule has 18 heavy (non-hydrogen) atoms. The molecule has 0 aliphatic rings. The Morgan fingerprint density at radius 3 is 2.56 bits per heavy atom. The first-order valence-electron chi connectivity index (χ1n) is 5.74. The minimum Gasteiger partial charge on any atom is -0.456 e. The largest absolute Gasteiger partial charge is 0.456 e. The van der Waals surface area contributed by atoms with Crippen molar-refractivity contribution in [1.29, 1.82) is 0 Å². The predicted octanol–water partition coefficient (Wildman–Crippen LogP) is 4.24. The van der Waals surface area contributed by atoms with Crippen LogP contribution in [0.25, 0.3) is 0 Å². The van der Waals surface area contributed by atoms with Gasteiger partial charge < -0.3 is 9.84 Å². The van der Waals surface area contributed by atoms with Gasteiger partial charge in [-0.25, -0.2) is 0 Å². The van der Waals surface area contributed by atoms with Crippen LogP contribution in [0.5, 0.6) is 11.5 Å². The highest BCUT2D eigenvalue weighted by Crippen LogP contribution is 2.31. The fourth-order valence-corrected chi connectivity index (χ4v) is 1.88. The summed E-state index contributed by atoms with van der Waals surface area (Å²) < 4.78 is 5.76. The van der Waals surface area contributed by atoms with E-state index < -0.39 is 0 Å². The summed E-state index contributed by atoms with van der Waals surface area (Å²) in [6.45, 7) is 3.97. The van der Waals surface area contributed by atoms with Crippen LogP contribution in [-0.2, 0) is 6.61 Å². The number of benzene rings is 2. The maximum Gasteiger partial charge on any atom is 0.146 e. The second-order valence-electron chi connectivity index (χ2n) is 4.28. The van der Waals surface area contributed by atoms with Crippen molar-refractivity contribution in [2.45, 2.75) is 20.5 Å². The minimum atomic E-state index is 0.0390. The van der Waals surface area contributed by atoms with Gasteiger partial charge in [0.05, 0.1) is 11.6 Å². The molecule has 94 valence electrons. The van der Waals surface area contributed by atoms with E-state index in [0.717, 1.165) is 22.4 Å². The number of aliphatic hydroxyl groups excluding tert-OH is 1. The van der Waals surface area contributed by atoms with Gasteiger partial charge >= 0.3 is 0 Å². The fraction of sp³-hybridized carbons (Fsp3) is 0.200. The van der Waals surface area contributed by atoms with Gasteiger partial charge in [-0.1, -0.05) is 23.7 Å². The van der Waals surface area contributed by atoms with Crippen molar-refractivity contribution in [2.24, 2.45) is 0 Å². The van der Waals surface area contributed by atoms with Gasteiger partial charge in [-0.05, 0) is 54.8 Å². The Hall–Kier alpha value is -1.51. The third kappa shape index (κ3) is 2.84. The van der Waals surface area contributed by atoms with Crippen molar-refractivity contribution < 1.29 is 9.84 Å². The number of aliphatic hydroxyl groups is 1. The zero-order valence-electron chi connectivity index (χ0n) is 10.4. The molecule has 0 spiro atoms. The van der Waals surface area contributed by atoms with Crippen molar-refractivity contribution in [2.75, 3.05) is 0 Å². The highest BCUT2D eigenvalue weighted by atomic mass is 35.5. The lowest BCUT2D eigenvalue weighted by Gasteiger charge is -2.10. The summed E-state index contributed by atoms with van der Waals surface area (Å²) in [5, 5.41) is 9.71. The van der Waals surface area contributed by atoms with E-state index in [9.17, 15) is 0 Å². The third-order valence-corrected chi connectivity index (χ3v) is 3.11. The lowest BCUT2D eigenvalue weighted by atomic mass is 10.1. The molecule has 0 aliphatic carbocycles. The quantitative estimate of drug-likeness (QED) is 0.896. The summed E-state index contributed by atoms with van der Waals surface area (Å²) in [7, 11) is 0. The van der Waals surface area contributed by atoms with E-state index in [1.165, 1.54) is 0 Å². The maximum atomic E-state index is 9.12. The van der Waals surface area contributed by atoms with Gasteiger partial charge in [-0.3, -0.25) is 0 Å². The average molecular weight is 263 g/mol. The molecular formula is C15H15ClO2. The van der Waals surface area contributed by atoms with Gasteiger partial charge in [-0.2, -0.15) is 0 Å². The normalized spacial score (nSPS) is 10.4. The Morgan fingerprint density at radius 1 is 1.11 bits per heavy atom. The van der Waals surface area contributed by atoms with E-state index in [1.807, 2.05) is 50.2 Å². The maximum absolute atomic E-state index is 9.12. The van der Waals surface area contributed by atoms with Crippen LogP contribution in [0.3, 0.4) is 0 Å². The predicted molar refractivity (Wildman–Crippen MR) is 73.4 cm³/mol. The molecule has 0 radical (unpaired) electrons. The molecule has 0 amide bonds. The topological polar surface area (TPSA) is 29.5 Å². The highest BCUT2D eigenvalue weighted by molar-refractivity contribution is 6.32. The van der Waals surface area contributed by atoms with Crippen LogP contribution < -0.4 is 4.74 Å². The first-order valence-corrected chi connectivity index (χ1v) is 6.12. The highest BCUT2D eigenvalue weighted by Gasteiger charge is 2.05. The number of rotatable bonds is 3. The summed E-state index contributed by atoms with van der Waals surface area (Å²) in [5.74, 6) is 1.37. The third-order valence-electron chi connectivity index (χ3n) is 2.80. The standard InChI is InChI=1S/C15H15ClO2/c1-10-3-6-14(16)15(7-10)18-13-5-4-12(9-17)11(2)8-13/h3-8,17H,9H2,1-2H3. The molecule has 0 aliphatic heterocycles. The van der Waals surface area contributed by atoms with Crippen LogP contribution in [0, 0.1) is 13.8 Å². The van der Waals surface area contributed by atoms with Crippen LogP contribution in [0.15, 0.2) is 36.4 Å². The molecule has 0 atom stereocenters. The summed E-state index contributed by atoms with van der Waals surface area (Å²) in [6, 6.07) is 11.2. The number of ether oxygens (including phenoxy) is 1. The zero-order valence-corrected chi connectivity index (χ0v) is 11.2. The molecule has 0 heterocycles. The molecular weight excluding hydrogens is 248 g/mol. The first kappa shape index (κ1) is 12.9. The Bertz CT molecular complexity index is 564. The van der Waals surface area contributed by atoms with Crippen LogP contribution in [0.4, 0.5) is 0 Å². The summed E-state index contributed by atoms with van der Waals surface area (Å²) in [5.41, 5.74) is 2.99. The molecule has 2 aromatic rings. The van der Waals surface area contributed by atoms with E-state index in [2.05, 4.69) is 0 Å². The van der Waals surface area contributed by atoms with Crippen LogP contribution in [-0.4, -0.2) is 5.11 Å². The SMILES string of the molecule is Cc1ccc(Cl)c(Oc2ccc(CO)c(C)c2)c1. The second-order valence-corrected chi connectivity index (χ2v) is 4.69. The van der Waals surface area contributed by atoms with E-state index in [-0.39, 0.29) is 6.61 Å². The Morgan fingerprint density at radius 2 is 1.89 bits per heavy atom. The van der Waals surface area contributed by atoms with Gasteiger partial charge in [0.15, 0.2) is 0 Å². The van der Waals surface area contributed by atoms with Gasteiger partial charge in [0, 0.05) is 0 Å². The van der Waals surface area contributed by atoms with Crippen LogP contribution >= 0.6 is 11.6 Å². The van der Waals surface area contributed by atoms with Gasteiger partial charge in [0.1, 0.15) is 11.5 Å². The molecule has 2 nitrogen and oxygen atoms in total. The molecule has 0 aromatic heterocycles. The number of hydrogen-bond donors (Lipinski definition) is 1. The van der Waals surface area contributed by atoms with E-state index >= 15 is 0 Å². The molecule has 1 N–H and O–H groups in total. The molecule has 0 saturated carbocycles. The number of aryl methyl sites for hydroxylation is 2. The van der Waals surface area contributed by atoms with Crippen LogP contribution in [0.2, 0.25) is 5.02 Å². The average Bonchev–Trinajstić information content (AvgIpc) is 2.34. The van der Waals surface area contributed by atoms with Crippen molar-refractivity contribution in [3.63, 3.8) is 0 Å². The van der Waals surface area contributed by atoms with E-state index in [4.69, 9.17) is 21.4 Å². The Balaban J connectivity index is 2.28. The molecule has 2 rings (SSSR count). The molecule has 3 heteroatoms. The summed E-state index contributed by atoms with van der Waals surface area (Å²) in [6.07, 6.45) is 0. The lowest BCUT2D eigenvalue weighted by Crippen LogP contribution is -1.91. The first-order chi connectivity index (χ1) is 8.60. The molecule has 0 unspecified atom stereocenters. The van der Waals surface area contributed by atoms with E-state index in [0.29, 0.717) is 10.8 Å². The summed E-state index contributed by atoms with van der Waals surface area (Å²) >= 11 is 6.08. The summed E-state index contributed by atoms with van der Waals surface area (Å²) in [4.78, 5) is 0. The number of hydrogen-bond acceptors (Lipinski definition) is 2. The molecule has 0 bridgehead atoms. The van der Waals surface area contributed by atoms with Gasteiger partial charge in [-0.15, -0.1) is 0 Å². The second kappa shape index (κ2) is 5.42. The fourth-order valence-electron chi connectivity index (χ4n) is 1.73. The monoisotopic (exact) mass is 262 g/mol. The minimum absolute atomic E-state index is 0.0390. The van der Waals surface area contributed by atoms with E-state index in [1.54, 1.807) is 0 Å². The Kier molecular flexibility index (Phi) is 3.90.